The molecule has 30 heavy (non-hydrogen) atoms. The van der Waals surface area contributed by atoms with Gasteiger partial charge in [-0.1, -0.05) is 0 Å². The van der Waals surface area contributed by atoms with Crippen molar-refractivity contribution >= 4 is 11.9 Å². The quantitative estimate of drug-likeness (QED) is 0.505. The highest BCUT2D eigenvalue weighted by Gasteiger charge is 2.25. The fourth-order valence-corrected chi connectivity index (χ4v) is 4.15. The highest BCUT2D eigenvalue weighted by Crippen LogP contribution is 2.18. The number of aromatic nitrogens is 2. The van der Waals surface area contributed by atoms with Crippen molar-refractivity contribution in [2.75, 3.05) is 73.0 Å². The number of hydrogen-bond acceptors (Lipinski definition) is 5. The highest BCUT2D eigenvalue weighted by molar-refractivity contribution is 5.80. The number of nitrogens with one attached hydrogen (secondary N) is 1. The molecule has 3 heterocycles. The number of aliphatic imine (C=N–C) groups is 1. The second kappa shape index (κ2) is 10.8. The van der Waals surface area contributed by atoms with Crippen LogP contribution in [-0.2, 0) is 11.8 Å². The molecule has 0 bridgehead atoms. The van der Waals surface area contributed by atoms with Gasteiger partial charge in [-0.2, -0.15) is 5.10 Å². The smallest absolute Gasteiger partial charge is 0.236 e. The van der Waals surface area contributed by atoms with Crippen LogP contribution in [0.4, 0.5) is 0 Å². The Hall–Kier alpha value is -2.13. The highest BCUT2D eigenvalue weighted by atomic mass is 16.2. The van der Waals surface area contributed by atoms with E-state index in [1.54, 1.807) is 0 Å². The molecule has 1 aromatic heterocycles. The molecule has 0 aromatic carbocycles. The van der Waals surface area contributed by atoms with E-state index in [0.29, 0.717) is 13.1 Å². The summed E-state index contributed by atoms with van der Waals surface area (Å²) in [5.74, 6) is 1.24. The summed E-state index contributed by atoms with van der Waals surface area (Å²) in [6.45, 7) is 9.58. The summed E-state index contributed by atoms with van der Waals surface area (Å²) in [6.07, 6.45) is 6.27. The molecule has 1 unspecified atom stereocenters. The molecule has 9 heteroatoms. The molecule has 2 aliphatic rings. The molecule has 1 N–H and O–H groups in total. The molecule has 0 spiro atoms. The number of likely N-dealkylation sites (N-methyl/N-ethyl adjacent to an activating group) is 1. The number of piperazine rings is 1. The van der Waals surface area contributed by atoms with Gasteiger partial charge in [-0.05, 0) is 33.9 Å². The van der Waals surface area contributed by atoms with Gasteiger partial charge in [0, 0.05) is 64.6 Å². The average Bonchev–Trinajstić information content (AvgIpc) is 3.40. The zero-order valence-electron chi connectivity index (χ0n) is 19.0. The fraction of sp³-hybridized carbons (Fsp3) is 0.762. The van der Waals surface area contributed by atoms with Gasteiger partial charge in [-0.25, -0.2) is 0 Å². The lowest BCUT2D eigenvalue weighted by atomic mass is 10.1. The first-order chi connectivity index (χ1) is 14.5. The molecule has 0 aliphatic carbocycles. The van der Waals surface area contributed by atoms with Crippen molar-refractivity contribution in [3.05, 3.63) is 18.0 Å². The van der Waals surface area contributed by atoms with E-state index in [1.807, 2.05) is 22.8 Å². The zero-order chi connectivity index (χ0) is 21.5. The number of carbonyl (C=O) groups is 1. The van der Waals surface area contributed by atoms with E-state index < -0.39 is 0 Å². The average molecular weight is 419 g/mol. The summed E-state index contributed by atoms with van der Waals surface area (Å²) in [4.78, 5) is 26.2. The molecule has 2 saturated heterocycles. The Bertz CT molecular complexity index is 702. The van der Waals surface area contributed by atoms with Crippen LogP contribution in [0.5, 0.6) is 0 Å². The summed E-state index contributed by atoms with van der Waals surface area (Å²) in [6, 6.07) is 0.187. The van der Waals surface area contributed by atoms with E-state index in [0.717, 1.165) is 64.6 Å². The molecule has 168 valence electrons. The van der Waals surface area contributed by atoms with E-state index in [9.17, 15) is 4.79 Å². The van der Waals surface area contributed by atoms with Gasteiger partial charge in [0.2, 0.25) is 5.91 Å². The number of amides is 1. The fourth-order valence-electron chi connectivity index (χ4n) is 4.15. The Balaban J connectivity index is 1.56. The maximum Gasteiger partial charge on any atom is 0.236 e. The normalized spacial score (nSPS) is 19.6. The first kappa shape index (κ1) is 22.6. The van der Waals surface area contributed by atoms with E-state index in [-0.39, 0.29) is 11.9 Å². The Morgan fingerprint density at radius 1 is 1.17 bits per heavy atom. The van der Waals surface area contributed by atoms with Crippen LogP contribution in [0.15, 0.2) is 17.4 Å². The number of likely N-dealkylation sites (tertiary alicyclic amines) is 1. The number of aryl methyl sites for hydroxylation is 1. The van der Waals surface area contributed by atoms with E-state index in [2.05, 4.69) is 52.3 Å². The zero-order valence-corrected chi connectivity index (χ0v) is 19.0. The minimum absolute atomic E-state index is 0.187. The second-order valence-electron chi connectivity index (χ2n) is 8.47. The maximum absolute atomic E-state index is 12.4. The summed E-state index contributed by atoms with van der Waals surface area (Å²) in [5, 5.41) is 7.76. The SMILES string of the molecule is CCNC(=NCC(c1cnn(C)c1)N(C)C)N1CCN(CC(=O)N2CCCC2)CC1. The standard InChI is InChI=1S/C21H38N8O/c1-5-22-21(23-15-19(25(2)3)18-14-24-26(4)16-18)29-12-10-27(11-13-29)17-20(30)28-8-6-7-9-28/h14,16,19H,5-13,15,17H2,1-4H3,(H,22,23). The maximum atomic E-state index is 12.4. The van der Waals surface area contributed by atoms with Crippen molar-refractivity contribution in [1.82, 2.24) is 34.7 Å². The van der Waals surface area contributed by atoms with Gasteiger partial charge in [0.1, 0.15) is 0 Å². The van der Waals surface area contributed by atoms with Crippen LogP contribution in [0.1, 0.15) is 31.4 Å². The Labute approximate surface area is 180 Å². The third-order valence-corrected chi connectivity index (χ3v) is 5.97. The van der Waals surface area contributed by atoms with Crippen LogP contribution >= 0.6 is 0 Å². The van der Waals surface area contributed by atoms with E-state index in [4.69, 9.17) is 4.99 Å². The number of rotatable bonds is 7. The predicted molar refractivity (Wildman–Crippen MR) is 119 cm³/mol. The van der Waals surface area contributed by atoms with Crippen LogP contribution in [0, 0.1) is 0 Å². The molecule has 2 fully saturated rings. The second-order valence-corrected chi connectivity index (χ2v) is 8.47. The molecule has 3 rings (SSSR count). The van der Waals surface area contributed by atoms with E-state index in [1.165, 1.54) is 5.56 Å². The van der Waals surface area contributed by atoms with Gasteiger partial charge in [-0.15, -0.1) is 0 Å². The summed E-state index contributed by atoms with van der Waals surface area (Å²) in [7, 11) is 6.10. The first-order valence-corrected chi connectivity index (χ1v) is 11.2. The van der Waals surface area contributed by atoms with E-state index >= 15 is 0 Å². The van der Waals surface area contributed by atoms with Crippen molar-refractivity contribution < 1.29 is 4.79 Å². The van der Waals surface area contributed by atoms with Gasteiger partial charge in [0.25, 0.3) is 0 Å². The Morgan fingerprint density at radius 3 is 2.43 bits per heavy atom. The molecule has 1 atom stereocenters. The first-order valence-electron chi connectivity index (χ1n) is 11.2. The molecular weight excluding hydrogens is 380 g/mol. The molecule has 9 nitrogen and oxygen atoms in total. The van der Waals surface area contributed by atoms with Crippen LogP contribution in [0.2, 0.25) is 0 Å². The van der Waals surface area contributed by atoms with Crippen molar-refractivity contribution in [2.45, 2.75) is 25.8 Å². The molecule has 1 aromatic rings. The van der Waals surface area contributed by atoms with Crippen LogP contribution in [0.3, 0.4) is 0 Å². The number of nitrogens with zero attached hydrogens (tertiary/aromatic N) is 7. The molecule has 0 saturated carbocycles. The van der Waals surface area contributed by atoms with Crippen molar-refractivity contribution in [3.63, 3.8) is 0 Å². The van der Waals surface area contributed by atoms with Gasteiger partial charge < -0.3 is 20.0 Å². The molecule has 2 aliphatic heterocycles. The number of hydrogen-bond donors (Lipinski definition) is 1. The topological polar surface area (TPSA) is 72.2 Å². The Kier molecular flexibility index (Phi) is 8.09. The van der Waals surface area contributed by atoms with Gasteiger partial charge >= 0.3 is 0 Å². The lowest BCUT2D eigenvalue weighted by Crippen LogP contribution is -2.54. The summed E-state index contributed by atoms with van der Waals surface area (Å²) < 4.78 is 1.84. The van der Waals surface area contributed by atoms with Crippen molar-refractivity contribution in [2.24, 2.45) is 12.0 Å². The third-order valence-electron chi connectivity index (χ3n) is 5.97. The summed E-state index contributed by atoms with van der Waals surface area (Å²) >= 11 is 0. The number of guanidine groups is 1. The van der Waals surface area contributed by atoms with Gasteiger partial charge in [0.05, 0.1) is 25.3 Å². The van der Waals surface area contributed by atoms with Crippen molar-refractivity contribution in [3.8, 4) is 0 Å². The molecular formula is C21H38N8O. The largest absolute Gasteiger partial charge is 0.357 e. The van der Waals surface area contributed by atoms with Crippen LogP contribution in [-0.4, -0.2) is 114 Å². The monoisotopic (exact) mass is 418 g/mol. The predicted octanol–water partition coefficient (Wildman–Crippen LogP) is 0.228. The molecule has 0 radical (unpaired) electrons. The third kappa shape index (κ3) is 5.95. The van der Waals surface area contributed by atoms with Gasteiger partial charge in [-0.3, -0.25) is 19.4 Å². The molecule has 1 amide bonds. The summed E-state index contributed by atoms with van der Waals surface area (Å²) in [5.41, 5.74) is 1.17. The minimum atomic E-state index is 0.187. The Morgan fingerprint density at radius 2 is 1.87 bits per heavy atom. The van der Waals surface area contributed by atoms with Gasteiger partial charge in [0.15, 0.2) is 5.96 Å². The minimum Gasteiger partial charge on any atom is -0.357 e. The lowest BCUT2D eigenvalue weighted by molar-refractivity contribution is -0.131. The van der Waals surface area contributed by atoms with Crippen LogP contribution in [0.25, 0.3) is 0 Å². The number of carbonyl (C=O) groups excluding carboxylic acids is 1. The van der Waals surface area contributed by atoms with Crippen molar-refractivity contribution in [1.29, 1.82) is 0 Å². The lowest BCUT2D eigenvalue weighted by Gasteiger charge is -2.37. The van der Waals surface area contributed by atoms with Crippen LogP contribution < -0.4 is 5.32 Å².